The van der Waals surface area contributed by atoms with Crippen LogP contribution in [0.2, 0.25) is 0 Å². The van der Waals surface area contributed by atoms with Gasteiger partial charge >= 0.3 is 0 Å². The number of hydrogen-bond donors (Lipinski definition) is 2. The van der Waals surface area contributed by atoms with Gasteiger partial charge in [0.25, 0.3) is 0 Å². The van der Waals surface area contributed by atoms with Crippen molar-refractivity contribution in [2.45, 2.75) is 19.0 Å². The van der Waals surface area contributed by atoms with Crippen LogP contribution in [0.4, 0.5) is 0 Å². The Labute approximate surface area is 77.5 Å². The van der Waals surface area contributed by atoms with E-state index < -0.39 is 0 Å². The van der Waals surface area contributed by atoms with Crippen LogP contribution < -0.4 is 10.6 Å². The van der Waals surface area contributed by atoms with Crippen molar-refractivity contribution in [3.8, 4) is 0 Å². The van der Waals surface area contributed by atoms with E-state index in [0.29, 0.717) is 6.04 Å². The van der Waals surface area contributed by atoms with E-state index in [9.17, 15) is 0 Å². The summed E-state index contributed by atoms with van der Waals surface area (Å²) in [4.78, 5) is 0. The summed E-state index contributed by atoms with van der Waals surface area (Å²) in [5, 5.41) is 14.3. The SMILES string of the molecule is c1cn(CCCNC2CNC2)nn1. The molecule has 0 aliphatic carbocycles. The van der Waals surface area contributed by atoms with Crippen LogP contribution in [-0.2, 0) is 6.54 Å². The van der Waals surface area contributed by atoms with E-state index >= 15 is 0 Å². The van der Waals surface area contributed by atoms with Crippen molar-refractivity contribution in [1.29, 1.82) is 0 Å². The van der Waals surface area contributed by atoms with Crippen molar-refractivity contribution in [3.63, 3.8) is 0 Å². The molecule has 5 nitrogen and oxygen atoms in total. The lowest BCUT2D eigenvalue weighted by Crippen LogP contribution is -2.55. The highest BCUT2D eigenvalue weighted by Crippen LogP contribution is 1.91. The van der Waals surface area contributed by atoms with Gasteiger partial charge < -0.3 is 10.6 Å². The van der Waals surface area contributed by atoms with Crippen molar-refractivity contribution in [3.05, 3.63) is 12.4 Å². The van der Waals surface area contributed by atoms with Crippen LogP contribution >= 0.6 is 0 Å². The van der Waals surface area contributed by atoms with Crippen molar-refractivity contribution >= 4 is 0 Å². The second-order valence-corrected chi connectivity index (χ2v) is 3.33. The highest BCUT2D eigenvalue weighted by atomic mass is 15.4. The molecular weight excluding hydrogens is 166 g/mol. The van der Waals surface area contributed by atoms with Gasteiger partial charge in [0.15, 0.2) is 0 Å². The lowest BCUT2D eigenvalue weighted by atomic mass is 10.2. The summed E-state index contributed by atoms with van der Waals surface area (Å²) in [5.74, 6) is 0. The average Bonchev–Trinajstić information content (AvgIpc) is 2.53. The van der Waals surface area contributed by atoms with E-state index in [2.05, 4.69) is 20.9 Å². The molecule has 0 bridgehead atoms. The van der Waals surface area contributed by atoms with Gasteiger partial charge in [-0.25, -0.2) is 0 Å². The Kier molecular flexibility index (Phi) is 2.89. The molecule has 0 unspecified atom stereocenters. The maximum absolute atomic E-state index is 3.89. The normalized spacial score (nSPS) is 17.2. The minimum atomic E-state index is 0.691. The lowest BCUT2D eigenvalue weighted by molar-refractivity contribution is 0.360. The Morgan fingerprint density at radius 3 is 3.08 bits per heavy atom. The Morgan fingerprint density at radius 2 is 2.46 bits per heavy atom. The summed E-state index contributed by atoms with van der Waals surface area (Å²) in [6.45, 7) is 4.24. The summed E-state index contributed by atoms with van der Waals surface area (Å²) in [6, 6.07) is 0.691. The zero-order chi connectivity index (χ0) is 8.93. The molecule has 0 radical (unpaired) electrons. The third-order valence-electron chi connectivity index (χ3n) is 2.25. The molecule has 1 fully saturated rings. The standard InChI is InChI=1S/C8H15N5/c1(2-10-8-6-9-7-8)4-13-5-3-11-12-13/h3,5,8-10H,1-2,4,6-7H2. The fourth-order valence-corrected chi connectivity index (χ4v) is 1.33. The smallest absolute Gasteiger partial charge is 0.0692 e. The Morgan fingerprint density at radius 1 is 1.54 bits per heavy atom. The van der Waals surface area contributed by atoms with Crippen molar-refractivity contribution in [1.82, 2.24) is 25.6 Å². The van der Waals surface area contributed by atoms with E-state index in [4.69, 9.17) is 0 Å². The second-order valence-electron chi connectivity index (χ2n) is 3.33. The van der Waals surface area contributed by atoms with E-state index in [1.807, 2.05) is 10.9 Å². The van der Waals surface area contributed by atoms with Crippen molar-refractivity contribution < 1.29 is 0 Å². The predicted molar refractivity (Wildman–Crippen MR) is 49.3 cm³/mol. The van der Waals surface area contributed by atoms with E-state index in [1.54, 1.807) is 6.20 Å². The molecule has 1 aromatic rings. The van der Waals surface area contributed by atoms with Crippen LogP contribution in [0.25, 0.3) is 0 Å². The molecule has 0 spiro atoms. The predicted octanol–water partition coefficient (Wildman–Crippen LogP) is -0.770. The summed E-state index contributed by atoms with van der Waals surface area (Å²) in [5.41, 5.74) is 0. The van der Waals surface area contributed by atoms with Gasteiger partial charge in [-0.1, -0.05) is 5.21 Å². The molecule has 2 heterocycles. The van der Waals surface area contributed by atoms with Crippen molar-refractivity contribution in [2.75, 3.05) is 19.6 Å². The van der Waals surface area contributed by atoms with Gasteiger partial charge in [-0.3, -0.25) is 4.68 Å². The molecule has 72 valence electrons. The Balaban J connectivity index is 1.53. The Hall–Kier alpha value is -0.940. The summed E-state index contributed by atoms with van der Waals surface area (Å²) in [6.07, 6.45) is 4.72. The van der Waals surface area contributed by atoms with Crippen LogP contribution in [-0.4, -0.2) is 40.7 Å². The zero-order valence-corrected chi connectivity index (χ0v) is 7.61. The summed E-state index contributed by atoms with van der Waals surface area (Å²) >= 11 is 0. The molecule has 0 aromatic carbocycles. The minimum Gasteiger partial charge on any atom is -0.314 e. The summed E-state index contributed by atoms with van der Waals surface area (Å²) < 4.78 is 1.86. The van der Waals surface area contributed by atoms with Gasteiger partial charge in [0, 0.05) is 31.9 Å². The monoisotopic (exact) mass is 181 g/mol. The first-order valence-electron chi connectivity index (χ1n) is 4.73. The lowest BCUT2D eigenvalue weighted by Gasteiger charge is -2.28. The molecule has 2 N–H and O–H groups in total. The van der Waals surface area contributed by atoms with Crippen LogP contribution in [0.15, 0.2) is 12.4 Å². The summed E-state index contributed by atoms with van der Waals surface area (Å²) in [7, 11) is 0. The van der Waals surface area contributed by atoms with Gasteiger partial charge in [-0.05, 0) is 13.0 Å². The maximum atomic E-state index is 3.89. The van der Waals surface area contributed by atoms with Crippen LogP contribution in [0.3, 0.4) is 0 Å². The zero-order valence-electron chi connectivity index (χ0n) is 7.61. The molecule has 13 heavy (non-hydrogen) atoms. The third-order valence-corrected chi connectivity index (χ3v) is 2.25. The molecular formula is C8H15N5. The van der Waals surface area contributed by atoms with Gasteiger partial charge in [-0.2, -0.15) is 0 Å². The second kappa shape index (κ2) is 4.34. The first-order chi connectivity index (χ1) is 6.45. The molecule has 1 aliphatic heterocycles. The van der Waals surface area contributed by atoms with Crippen LogP contribution in [0.1, 0.15) is 6.42 Å². The molecule has 0 amide bonds. The molecule has 0 atom stereocenters. The average molecular weight is 181 g/mol. The van der Waals surface area contributed by atoms with E-state index in [1.165, 1.54) is 0 Å². The maximum Gasteiger partial charge on any atom is 0.0692 e. The number of aromatic nitrogens is 3. The highest BCUT2D eigenvalue weighted by molar-refractivity contribution is 4.81. The first kappa shape index (κ1) is 8.65. The number of nitrogens with one attached hydrogen (secondary N) is 2. The number of hydrogen-bond acceptors (Lipinski definition) is 4. The Bertz CT molecular complexity index is 229. The minimum absolute atomic E-state index is 0.691. The van der Waals surface area contributed by atoms with Gasteiger partial charge in [0.05, 0.1) is 6.20 Å². The van der Waals surface area contributed by atoms with Crippen LogP contribution in [0, 0.1) is 0 Å². The van der Waals surface area contributed by atoms with Crippen molar-refractivity contribution in [2.24, 2.45) is 0 Å². The highest BCUT2D eigenvalue weighted by Gasteiger charge is 2.14. The van der Waals surface area contributed by atoms with Gasteiger partial charge in [0.1, 0.15) is 0 Å². The number of rotatable bonds is 5. The largest absolute Gasteiger partial charge is 0.314 e. The molecule has 1 aromatic heterocycles. The van der Waals surface area contributed by atoms with Gasteiger partial charge in [-0.15, -0.1) is 5.10 Å². The molecule has 1 saturated heterocycles. The van der Waals surface area contributed by atoms with Crippen LogP contribution in [0.5, 0.6) is 0 Å². The molecule has 2 rings (SSSR count). The fraction of sp³-hybridized carbons (Fsp3) is 0.750. The van der Waals surface area contributed by atoms with E-state index in [0.717, 1.165) is 32.6 Å². The molecule has 0 saturated carbocycles. The molecule has 1 aliphatic rings. The molecule has 5 heteroatoms. The quantitative estimate of drug-likeness (QED) is 0.586. The topological polar surface area (TPSA) is 54.8 Å². The number of aryl methyl sites for hydroxylation is 1. The number of nitrogens with zero attached hydrogens (tertiary/aromatic N) is 3. The van der Waals surface area contributed by atoms with Gasteiger partial charge in [0.2, 0.25) is 0 Å². The van der Waals surface area contributed by atoms with E-state index in [-0.39, 0.29) is 0 Å². The fourth-order valence-electron chi connectivity index (χ4n) is 1.33. The third kappa shape index (κ3) is 2.50. The first-order valence-corrected chi connectivity index (χ1v) is 4.73.